The topological polar surface area (TPSA) is 26.3 Å². The third-order valence-electron chi connectivity index (χ3n) is 0.934. The molecule has 0 heterocycles. The largest absolute Gasteiger partial charge is 0.455 e. The summed E-state index contributed by atoms with van der Waals surface area (Å²) in [5.74, 6) is -5.03. The molecule has 0 aromatic carbocycles. The summed E-state index contributed by atoms with van der Waals surface area (Å²) >= 11 is 0. The van der Waals surface area contributed by atoms with Gasteiger partial charge in [-0.3, -0.25) is 0 Å². The molecule has 76 valence electrons. The van der Waals surface area contributed by atoms with Crippen molar-refractivity contribution in [2.75, 3.05) is 6.67 Å². The van der Waals surface area contributed by atoms with Crippen LogP contribution in [-0.4, -0.2) is 18.2 Å². The summed E-state index contributed by atoms with van der Waals surface area (Å²) in [6.07, 6.45) is 0. The van der Waals surface area contributed by atoms with Gasteiger partial charge in [0.1, 0.15) is 12.3 Å². The lowest BCUT2D eigenvalue weighted by Crippen LogP contribution is -2.24. The van der Waals surface area contributed by atoms with Gasteiger partial charge in [-0.25, -0.2) is 13.6 Å². The van der Waals surface area contributed by atoms with Crippen molar-refractivity contribution in [3.63, 3.8) is 0 Å². The lowest BCUT2D eigenvalue weighted by atomic mass is 10.2. The molecule has 0 aliphatic carbocycles. The molecule has 0 aliphatic rings. The Balaban J connectivity index is 4.46. The van der Waals surface area contributed by atoms with E-state index in [0.717, 1.165) is 0 Å². The quantitative estimate of drug-likeness (QED) is 0.501. The Morgan fingerprint density at radius 2 is 1.77 bits per heavy atom. The number of ether oxygens (including phenoxy) is 1. The molecule has 0 aromatic heterocycles. The molecule has 0 unspecified atom stereocenters. The van der Waals surface area contributed by atoms with Crippen molar-refractivity contribution < 1.29 is 22.7 Å². The number of halogens is 3. The first-order valence-corrected chi connectivity index (χ1v) is 3.61. The highest BCUT2D eigenvalue weighted by molar-refractivity contribution is 5.86. The highest BCUT2D eigenvalue weighted by atomic mass is 19.2. The number of allylic oxidation sites excluding steroid dienone is 1. The lowest BCUT2D eigenvalue weighted by molar-refractivity contribution is -0.151. The van der Waals surface area contributed by atoms with Crippen LogP contribution in [0.25, 0.3) is 0 Å². The maximum atomic E-state index is 12.5. The zero-order valence-corrected chi connectivity index (χ0v) is 7.66. The Morgan fingerprint density at radius 3 is 2.08 bits per heavy atom. The van der Waals surface area contributed by atoms with E-state index >= 15 is 0 Å². The molecule has 0 bridgehead atoms. The van der Waals surface area contributed by atoms with E-state index in [2.05, 4.69) is 4.74 Å². The second-order valence-electron chi connectivity index (χ2n) is 3.35. The molecule has 0 atom stereocenters. The van der Waals surface area contributed by atoms with E-state index in [1.807, 2.05) is 0 Å². The Bertz CT molecular complexity index is 228. The van der Waals surface area contributed by atoms with Crippen LogP contribution in [0.15, 0.2) is 11.7 Å². The molecule has 5 heteroatoms. The molecular formula is C8H11F3O2. The molecule has 0 aromatic rings. The molecule has 0 saturated heterocycles. The summed E-state index contributed by atoms with van der Waals surface area (Å²) in [5, 5.41) is 0. The molecule has 0 amide bonds. The van der Waals surface area contributed by atoms with Crippen molar-refractivity contribution in [3.05, 3.63) is 11.7 Å². The first kappa shape index (κ1) is 12.0. The van der Waals surface area contributed by atoms with E-state index in [1.54, 1.807) is 0 Å². The fourth-order valence-corrected chi connectivity index (χ4v) is 0.492. The Labute approximate surface area is 74.4 Å². The van der Waals surface area contributed by atoms with E-state index < -0.39 is 29.9 Å². The minimum atomic E-state index is -1.81. The van der Waals surface area contributed by atoms with E-state index in [1.165, 1.54) is 20.8 Å². The summed E-state index contributed by atoms with van der Waals surface area (Å²) < 4.78 is 40.7. The number of esters is 1. The normalized spacial score (nSPS) is 13.7. The molecule has 0 radical (unpaired) electrons. The summed E-state index contributed by atoms with van der Waals surface area (Å²) in [7, 11) is 0. The number of hydrogen-bond acceptors (Lipinski definition) is 2. The molecule has 0 aliphatic heterocycles. The number of carbonyl (C=O) groups excluding carboxylic acids is 1. The summed E-state index contributed by atoms with van der Waals surface area (Å²) in [6, 6.07) is 0. The van der Waals surface area contributed by atoms with Crippen molar-refractivity contribution in [2.24, 2.45) is 0 Å². The van der Waals surface area contributed by atoms with Gasteiger partial charge in [-0.1, -0.05) is 0 Å². The van der Waals surface area contributed by atoms with Crippen molar-refractivity contribution in [2.45, 2.75) is 26.4 Å². The molecular weight excluding hydrogens is 185 g/mol. The fraction of sp³-hybridized carbons (Fsp3) is 0.625. The Morgan fingerprint density at radius 1 is 1.31 bits per heavy atom. The van der Waals surface area contributed by atoms with Crippen molar-refractivity contribution in [3.8, 4) is 0 Å². The minimum absolute atomic E-state index is 0.926. The predicted octanol–water partition coefficient (Wildman–Crippen LogP) is 2.45. The zero-order valence-electron chi connectivity index (χ0n) is 7.66. The van der Waals surface area contributed by atoms with Gasteiger partial charge in [0.15, 0.2) is 5.83 Å². The number of hydrogen-bond donors (Lipinski definition) is 0. The van der Waals surface area contributed by atoms with Crippen LogP contribution in [0.5, 0.6) is 0 Å². The van der Waals surface area contributed by atoms with Gasteiger partial charge in [0, 0.05) is 0 Å². The molecule has 2 nitrogen and oxygen atoms in total. The van der Waals surface area contributed by atoms with Gasteiger partial charge in [0.05, 0.1) is 0 Å². The van der Waals surface area contributed by atoms with E-state index in [4.69, 9.17) is 0 Å². The summed E-state index contributed by atoms with van der Waals surface area (Å²) in [5.41, 5.74) is -0.926. The maximum absolute atomic E-state index is 12.5. The molecule has 0 saturated carbocycles. The maximum Gasteiger partial charge on any atom is 0.370 e. The van der Waals surface area contributed by atoms with Crippen LogP contribution in [0.3, 0.4) is 0 Å². The minimum Gasteiger partial charge on any atom is -0.455 e. The average molecular weight is 196 g/mol. The van der Waals surface area contributed by atoms with Crippen LogP contribution in [0.1, 0.15) is 20.8 Å². The molecule has 0 rings (SSSR count). The number of carbonyl (C=O) groups is 1. The van der Waals surface area contributed by atoms with E-state index in [9.17, 15) is 18.0 Å². The van der Waals surface area contributed by atoms with Crippen LogP contribution in [0.4, 0.5) is 13.2 Å². The number of rotatable bonds is 2. The smallest absolute Gasteiger partial charge is 0.370 e. The van der Waals surface area contributed by atoms with E-state index in [-0.39, 0.29) is 0 Å². The fourth-order valence-electron chi connectivity index (χ4n) is 0.492. The van der Waals surface area contributed by atoms with Crippen LogP contribution >= 0.6 is 0 Å². The van der Waals surface area contributed by atoms with Crippen LogP contribution in [-0.2, 0) is 9.53 Å². The van der Waals surface area contributed by atoms with Crippen LogP contribution in [0.2, 0.25) is 0 Å². The van der Waals surface area contributed by atoms with Gasteiger partial charge in [-0.2, -0.15) is 4.39 Å². The van der Waals surface area contributed by atoms with Gasteiger partial charge in [0.25, 0.3) is 0 Å². The van der Waals surface area contributed by atoms with Crippen LogP contribution < -0.4 is 0 Å². The first-order valence-electron chi connectivity index (χ1n) is 3.61. The second-order valence-corrected chi connectivity index (χ2v) is 3.35. The van der Waals surface area contributed by atoms with Crippen molar-refractivity contribution >= 4 is 5.97 Å². The third-order valence-corrected chi connectivity index (χ3v) is 0.934. The highest BCUT2D eigenvalue weighted by Crippen LogP contribution is 2.15. The standard InChI is InChI=1S/C8H11F3O2/c1-8(2,3)13-7(12)6(11)5(10)4-9/h4H2,1-3H3/b6-5+. The molecule has 0 N–H and O–H groups in total. The van der Waals surface area contributed by atoms with Crippen LogP contribution in [0, 0.1) is 0 Å². The second kappa shape index (κ2) is 4.30. The Kier molecular flexibility index (Phi) is 3.97. The first-order chi connectivity index (χ1) is 5.78. The van der Waals surface area contributed by atoms with Gasteiger partial charge in [-0.15, -0.1) is 0 Å². The third kappa shape index (κ3) is 4.55. The van der Waals surface area contributed by atoms with Crippen molar-refractivity contribution in [1.29, 1.82) is 0 Å². The zero-order chi connectivity index (χ0) is 10.6. The molecule has 0 spiro atoms. The SMILES string of the molecule is CC(C)(C)OC(=O)/C(F)=C(\F)CF. The predicted molar refractivity (Wildman–Crippen MR) is 41.1 cm³/mol. The van der Waals surface area contributed by atoms with E-state index in [0.29, 0.717) is 0 Å². The van der Waals surface area contributed by atoms with Crippen molar-refractivity contribution in [1.82, 2.24) is 0 Å². The number of alkyl halides is 1. The van der Waals surface area contributed by atoms with Gasteiger partial charge >= 0.3 is 5.97 Å². The summed E-state index contributed by atoms with van der Waals surface area (Å²) in [6.45, 7) is 2.83. The molecule has 13 heavy (non-hydrogen) atoms. The average Bonchev–Trinajstić information content (AvgIpc) is 1.98. The molecule has 0 fully saturated rings. The lowest BCUT2D eigenvalue weighted by Gasteiger charge is -2.18. The van der Waals surface area contributed by atoms with Gasteiger partial charge < -0.3 is 4.74 Å². The Hall–Kier alpha value is -1.00. The van der Waals surface area contributed by atoms with Gasteiger partial charge in [-0.05, 0) is 20.8 Å². The highest BCUT2D eigenvalue weighted by Gasteiger charge is 2.23. The van der Waals surface area contributed by atoms with Gasteiger partial charge in [0.2, 0.25) is 5.83 Å². The monoisotopic (exact) mass is 196 g/mol. The summed E-state index contributed by atoms with van der Waals surface area (Å²) in [4.78, 5) is 10.7.